The molecule has 12 aromatic carbocycles. The van der Waals surface area contributed by atoms with Crippen LogP contribution in [0.15, 0.2) is 241 Å². The Morgan fingerprint density at radius 2 is 0.614 bits per heavy atom. The van der Waals surface area contributed by atoms with Crippen molar-refractivity contribution in [3.8, 4) is 44.5 Å². The number of benzene rings is 12. The Morgan fingerprint density at radius 1 is 0.243 bits per heavy atom. The van der Waals surface area contributed by atoms with Crippen molar-refractivity contribution in [2.45, 2.75) is 0 Å². The fourth-order valence-corrected chi connectivity index (χ4v) is 13.2. The van der Waals surface area contributed by atoms with Crippen molar-refractivity contribution in [2.75, 3.05) is 0 Å². The van der Waals surface area contributed by atoms with E-state index in [1.54, 1.807) is 0 Å². The Kier molecular flexibility index (Phi) is 7.81. The van der Waals surface area contributed by atoms with Crippen LogP contribution in [0, 0.1) is 0 Å². The summed E-state index contributed by atoms with van der Waals surface area (Å²) < 4.78 is 0. The minimum atomic E-state index is 0.0533. The van der Waals surface area contributed by atoms with Gasteiger partial charge in [-0.1, -0.05) is 251 Å². The van der Waals surface area contributed by atoms with E-state index in [-0.39, 0.29) is 13.4 Å². The third kappa shape index (κ3) is 5.15. The predicted molar refractivity (Wildman–Crippen MR) is 298 cm³/mol. The van der Waals surface area contributed by atoms with Crippen LogP contribution in [0.3, 0.4) is 0 Å². The number of fused-ring (bicyclic) bond motifs is 8. The molecule has 0 N–H and O–H groups in total. The SMILES string of the molecule is c1ccc(-c2ccccc2/N=C2/c3ccccc3B3c4c2cccc4-c2ccc4cc5c6c(ccc7cc3c2c4c76)-c2cccc3c2B5c2ccccc2/C3=N/c2ccccc2-c2ccccc2)cc1. The lowest BCUT2D eigenvalue weighted by Crippen LogP contribution is -2.61. The average Bonchev–Trinajstić information content (AvgIpc) is 3.43. The molecule has 0 saturated carbocycles. The Hall–Kier alpha value is -8.85. The second kappa shape index (κ2) is 14.3. The molecule has 0 aromatic heterocycles. The van der Waals surface area contributed by atoms with E-state index in [1.807, 2.05) is 0 Å². The maximum absolute atomic E-state index is 5.64. The first kappa shape index (κ1) is 38.2. The van der Waals surface area contributed by atoms with Crippen molar-refractivity contribution in [3.05, 3.63) is 253 Å². The molecule has 4 heteroatoms. The van der Waals surface area contributed by atoms with Crippen LogP contribution in [0.2, 0.25) is 0 Å². The highest BCUT2D eigenvalue weighted by atomic mass is 14.8. The highest BCUT2D eigenvalue weighted by Crippen LogP contribution is 2.45. The molecule has 0 spiro atoms. The number of nitrogens with zero attached hydrogens (tertiary/aromatic N) is 2. The normalized spacial score (nSPS) is 14.6. The zero-order chi connectivity index (χ0) is 45.6. The molecular formula is C66H38B2N2. The van der Waals surface area contributed by atoms with E-state index in [0.717, 1.165) is 33.9 Å². The minimum Gasteiger partial charge on any atom is -0.247 e. The van der Waals surface area contributed by atoms with Gasteiger partial charge < -0.3 is 0 Å². The molecule has 4 aliphatic rings. The summed E-state index contributed by atoms with van der Waals surface area (Å²) in [6.45, 7) is 0.107. The topological polar surface area (TPSA) is 24.7 Å². The molecule has 0 saturated heterocycles. The third-order valence-electron chi connectivity index (χ3n) is 15.9. The number of para-hydroxylation sites is 2. The van der Waals surface area contributed by atoms with Gasteiger partial charge in [-0.05, 0) is 100 Å². The zero-order valence-electron chi connectivity index (χ0n) is 38.0. The number of hydrogen-bond donors (Lipinski definition) is 0. The monoisotopic (exact) mass is 880 g/mol. The molecule has 0 aliphatic carbocycles. The van der Waals surface area contributed by atoms with Crippen molar-refractivity contribution in [3.63, 3.8) is 0 Å². The summed E-state index contributed by atoms with van der Waals surface area (Å²) in [4.78, 5) is 11.3. The van der Waals surface area contributed by atoms with Crippen LogP contribution < -0.4 is 32.8 Å². The summed E-state index contributed by atoms with van der Waals surface area (Å²) in [7, 11) is 0. The van der Waals surface area contributed by atoms with Gasteiger partial charge in [-0.3, -0.25) is 0 Å². The number of rotatable bonds is 4. The van der Waals surface area contributed by atoms with Crippen LogP contribution in [0.5, 0.6) is 0 Å². The van der Waals surface area contributed by atoms with Gasteiger partial charge in [0.2, 0.25) is 13.4 Å². The summed E-state index contributed by atoms with van der Waals surface area (Å²) in [5, 5.41) is 8.09. The van der Waals surface area contributed by atoms with Crippen molar-refractivity contribution in [1.82, 2.24) is 0 Å². The van der Waals surface area contributed by atoms with Crippen LogP contribution in [-0.4, -0.2) is 24.8 Å². The predicted octanol–water partition coefficient (Wildman–Crippen LogP) is 11.9. The van der Waals surface area contributed by atoms with Crippen LogP contribution in [-0.2, 0) is 0 Å². The molecule has 16 rings (SSSR count). The van der Waals surface area contributed by atoms with Crippen molar-refractivity contribution >= 4 is 101 Å². The zero-order valence-corrected chi connectivity index (χ0v) is 38.0. The fourth-order valence-electron chi connectivity index (χ4n) is 13.2. The maximum Gasteiger partial charge on any atom is 0.244 e. The van der Waals surface area contributed by atoms with E-state index in [4.69, 9.17) is 9.98 Å². The van der Waals surface area contributed by atoms with Gasteiger partial charge >= 0.3 is 0 Å². The Labute approximate surface area is 406 Å². The Balaban J connectivity index is 0.936. The molecule has 2 nitrogen and oxygen atoms in total. The summed E-state index contributed by atoms with van der Waals surface area (Å²) in [6.07, 6.45) is 0. The van der Waals surface area contributed by atoms with Crippen molar-refractivity contribution < 1.29 is 0 Å². The molecule has 70 heavy (non-hydrogen) atoms. The second-order valence-electron chi connectivity index (χ2n) is 19.4. The molecule has 4 heterocycles. The van der Waals surface area contributed by atoms with E-state index < -0.39 is 0 Å². The van der Waals surface area contributed by atoms with Gasteiger partial charge in [-0.25, -0.2) is 9.98 Å². The molecule has 318 valence electrons. The van der Waals surface area contributed by atoms with Gasteiger partial charge in [-0.15, -0.1) is 0 Å². The Bertz CT molecular complexity index is 4020. The van der Waals surface area contributed by atoms with Crippen molar-refractivity contribution in [2.24, 2.45) is 9.98 Å². The molecular weight excluding hydrogens is 842 g/mol. The van der Waals surface area contributed by atoms with Gasteiger partial charge in [0.1, 0.15) is 0 Å². The van der Waals surface area contributed by atoms with Gasteiger partial charge in [0.15, 0.2) is 0 Å². The highest BCUT2D eigenvalue weighted by molar-refractivity contribution is 7.02. The first-order chi connectivity index (χ1) is 34.8. The lowest BCUT2D eigenvalue weighted by Gasteiger charge is -2.37. The van der Waals surface area contributed by atoms with E-state index in [1.165, 1.54) is 121 Å². The smallest absolute Gasteiger partial charge is 0.244 e. The number of hydrogen-bond acceptors (Lipinski definition) is 2. The number of aliphatic imine (C=N–C) groups is 2. The van der Waals surface area contributed by atoms with Gasteiger partial charge in [0.05, 0.1) is 22.8 Å². The standard InChI is InChI=1S/C66H38B2N2/c1-3-17-39(18-4-1)43-21-9-13-31-57(43)69-65-49-23-7-11-29-53(49)67-55-37-41-34-36-46-48-26-16-28-52-64(48)68(54-30-12-8-24-50(54)66(52)70-58-32-14-10-22-44(58)40-19-5-2-6-20-40)56-38-42-33-35-45(47-25-15-27-51(65)63(47)67)61(55)59(42)60(41)62(46)56/h1-38H/b69-65-,70-66-. The van der Waals surface area contributed by atoms with E-state index in [9.17, 15) is 0 Å². The average molecular weight is 881 g/mol. The lowest BCUT2D eigenvalue weighted by molar-refractivity contribution is 1.47. The van der Waals surface area contributed by atoms with Crippen molar-refractivity contribution in [1.29, 1.82) is 0 Å². The molecule has 0 amide bonds. The Morgan fingerprint density at radius 3 is 1.07 bits per heavy atom. The van der Waals surface area contributed by atoms with Crippen LogP contribution in [0.1, 0.15) is 22.3 Å². The third-order valence-corrected chi connectivity index (χ3v) is 15.9. The molecule has 0 radical (unpaired) electrons. The van der Waals surface area contributed by atoms with E-state index in [2.05, 4.69) is 231 Å². The van der Waals surface area contributed by atoms with Gasteiger partial charge in [0, 0.05) is 11.1 Å². The molecule has 12 aromatic rings. The molecule has 0 atom stereocenters. The van der Waals surface area contributed by atoms with Crippen LogP contribution in [0.4, 0.5) is 11.4 Å². The van der Waals surface area contributed by atoms with E-state index in [0.29, 0.717) is 0 Å². The first-order valence-electron chi connectivity index (χ1n) is 24.5. The minimum absolute atomic E-state index is 0.0533. The van der Waals surface area contributed by atoms with Crippen LogP contribution >= 0.6 is 0 Å². The quantitative estimate of drug-likeness (QED) is 0.124. The largest absolute Gasteiger partial charge is 0.247 e. The van der Waals surface area contributed by atoms with Gasteiger partial charge in [-0.2, -0.15) is 0 Å². The second-order valence-corrected chi connectivity index (χ2v) is 19.4. The summed E-state index contributed by atoms with van der Waals surface area (Å²) >= 11 is 0. The molecule has 4 aliphatic heterocycles. The summed E-state index contributed by atoms with van der Waals surface area (Å²) in [5.41, 5.74) is 26.7. The summed E-state index contributed by atoms with van der Waals surface area (Å²) in [5.74, 6) is 0. The maximum atomic E-state index is 5.64. The lowest BCUT2D eigenvalue weighted by atomic mass is 9.30. The van der Waals surface area contributed by atoms with E-state index >= 15 is 0 Å². The first-order valence-corrected chi connectivity index (χ1v) is 24.5. The molecule has 0 fully saturated rings. The summed E-state index contributed by atoms with van der Waals surface area (Å²) in [6, 6.07) is 85.1. The molecule has 0 bridgehead atoms. The van der Waals surface area contributed by atoms with Gasteiger partial charge in [0.25, 0.3) is 0 Å². The van der Waals surface area contributed by atoms with Crippen LogP contribution in [0.25, 0.3) is 76.8 Å². The fraction of sp³-hybridized carbons (Fsp3) is 0. The molecule has 0 unspecified atom stereocenters. The highest BCUT2D eigenvalue weighted by Gasteiger charge is 2.43.